The number of benzene rings is 1. The second kappa shape index (κ2) is 12.0. The second-order valence-electron chi connectivity index (χ2n) is 7.43. The third-order valence-corrected chi connectivity index (χ3v) is 5.24. The van der Waals surface area contributed by atoms with Crippen molar-refractivity contribution in [3.8, 4) is 0 Å². The molecule has 0 aliphatic carbocycles. The molecule has 0 saturated carbocycles. The number of morpholine rings is 1. The van der Waals surface area contributed by atoms with Crippen molar-refractivity contribution in [2.24, 2.45) is 0 Å². The maximum absolute atomic E-state index is 12.9. The molecule has 1 saturated heterocycles. The average Bonchev–Trinajstić information content (AvgIpc) is 2.80. The Bertz CT molecular complexity index is 843. The van der Waals surface area contributed by atoms with E-state index in [0.717, 1.165) is 44.8 Å². The minimum absolute atomic E-state index is 0.00843. The summed E-state index contributed by atoms with van der Waals surface area (Å²) in [5.41, 5.74) is 1.46. The SMILES string of the molecule is O=C(CCNc1ccccc1[N+](=O)[O-])N(CCCN1CCOCC1)Cc1ccncc1. The third kappa shape index (κ3) is 7.30. The van der Waals surface area contributed by atoms with Crippen molar-refractivity contribution >= 4 is 17.3 Å². The highest BCUT2D eigenvalue weighted by atomic mass is 16.6. The van der Waals surface area contributed by atoms with Gasteiger partial charge in [-0.05, 0) is 30.2 Å². The van der Waals surface area contributed by atoms with Crippen LogP contribution >= 0.6 is 0 Å². The summed E-state index contributed by atoms with van der Waals surface area (Å²) in [6.45, 7) is 5.82. The highest BCUT2D eigenvalue weighted by Crippen LogP contribution is 2.23. The lowest BCUT2D eigenvalue weighted by Gasteiger charge is -2.28. The largest absolute Gasteiger partial charge is 0.379 e. The fourth-order valence-corrected chi connectivity index (χ4v) is 3.56. The van der Waals surface area contributed by atoms with Crippen molar-refractivity contribution in [3.63, 3.8) is 0 Å². The van der Waals surface area contributed by atoms with Crippen LogP contribution in [-0.4, -0.2) is 71.6 Å². The van der Waals surface area contributed by atoms with Crippen LogP contribution in [0.15, 0.2) is 48.8 Å². The Balaban J connectivity index is 1.54. The van der Waals surface area contributed by atoms with E-state index < -0.39 is 4.92 Å². The smallest absolute Gasteiger partial charge is 0.292 e. The van der Waals surface area contributed by atoms with Gasteiger partial charge in [0.1, 0.15) is 5.69 Å². The topological polar surface area (TPSA) is 101 Å². The monoisotopic (exact) mass is 427 g/mol. The number of hydrogen-bond acceptors (Lipinski definition) is 7. The van der Waals surface area contributed by atoms with Crippen molar-refractivity contribution in [3.05, 3.63) is 64.5 Å². The first-order chi connectivity index (χ1) is 15.1. The molecule has 1 aromatic heterocycles. The molecule has 0 atom stereocenters. The summed E-state index contributed by atoms with van der Waals surface area (Å²) in [6, 6.07) is 10.3. The molecule has 0 unspecified atom stereocenters. The van der Waals surface area contributed by atoms with E-state index in [4.69, 9.17) is 4.74 Å². The van der Waals surface area contributed by atoms with E-state index in [1.165, 1.54) is 6.07 Å². The minimum atomic E-state index is -0.425. The Hall–Kier alpha value is -3.04. The van der Waals surface area contributed by atoms with Gasteiger partial charge in [0.05, 0.1) is 18.1 Å². The lowest BCUT2D eigenvalue weighted by molar-refractivity contribution is -0.384. The number of anilines is 1. The number of hydrogen-bond donors (Lipinski definition) is 1. The molecule has 1 amide bonds. The summed E-state index contributed by atoms with van der Waals surface area (Å²) in [7, 11) is 0. The van der Waals surface area contributed by atoms with E-state index in [1.54, 1.807) is 30.6 Å². The molecule has 9 nitrogen and oxygen atoms in total. The number of nitrogens with zero attached hydrogens (tertiary/aromatic N) is 4. The normalized spacial score (nSPS) is 14.2. The molecule has 9 heteroatoms. The number of amides is 1. The quantitative estimate of drug-likeness (QED) is 0.434. The van der Waals surface area contributed by atoms with E-state index in [9.17, 15) is 14.9 Å². The van der Waals surface area contributed by atoms with Crippen LogP contribution in [0, 0.1) is 10.1 Å². The first kappa shape index (κ1) is 22.6. The zero-order valence-electron chi connectivity index (χ0n) is 17.6. The first-order valence-corrected chi connectivity index (χ1v) is 10.6. The third-order valence-electron chi connectivity index (χ3n) is 5.24. The molecular weight excluding hydrogens is 398 g/mol. The predicted octanol–water partition coefficient (Wildman–Crippen LogP) is 2.54. The number of nitro groups is 1. The predicted molar refractivity (Wildman–Crippen MR) is 118 cm³/mol. The van der Waals surface area contributed by atoms with Gasteiger partial charge in [0.25, 0.3) is 5.69 Å². The number of nitro benzene ring substituents is 1. The molecule has 0 spiro atoms. The summed E-state index contributed by atoms with van der Waals surface area (Å²) in [5.74, 6) is 0.0184. The molecule has 1 N–H and O–H groups in total. The van der Waals surface area contributed by atoms with E-state index in [0.29, 0.717) is 25.3 Å². The lowest BCUT2D eigenvalue weighted by Crippen LogP contribution is -2.39. The van der Waals surface area contributed by atoms with Gasteiger partial charge in [-0.3, -0.25) is 24.8 Å². The zero-order valence-corrected chi connectivity index (χ0v) is 17.6. The van der Waals surface area contributed by atoms with Gasteiger partial charge in [-0.25, -0.2) is 0 Å². The number of carbonyl (C=O) groups excluding carboxylic acids is 1. The standard InChI is InChI=1S/C22H29N5O4/c28-22(8-11-24-20-4-1-2-5-21(20)27(29)30)26(18-19-6-9-23-10-7-19)13-3-12-25-14-16-31-17-15-25/h1-2,4-7,9-10,24H,3,8,11-18H2. The molecule has 0 radical (unpaired) electrons. The molecule has 2 heterocycles. The van der Waals surface area contributed by atoms with Crippen LogP contribution < -0.4 is 5.32 Å². The number of para-hydroxylation sites is 2. The van der Waals surface area contributed by atoms with E-state index >= 15 is 0 Å². The number of carbonyl (C=O) groups is 1. The Morgan fingerprint density at radius 1 is 1.19 bits per heavy atom. The highest BCUT2D eigenvalue weighted by molar-refractivity contribution is 5.77. The zero-order chi connectivity index (χ0) is 21.9. The summed E-state index contributed by atoms with van der Waals surface area (Å²) >= 11 is 0. The Morgan fingerprint density at radius 2 is 1.94 bits per heavy atom. The van der Waals surface area contributed by atoms with Crippen molar-refractivity contribution in [1.82, 2.24) is 14.8 Å². The minimum Gasteiger partial charge on any atom is -0.379 e. The van der Waals surface area contributed by atoms with Crippen LogP contribution in [0.1, 0.15) is 18.4 Å². The van der Waals surface area contributed by atoms with Crippen LogP contribution in [0.5, 0.6) is 0 Å². The molecule has 166 valence electrons. The summed E-state index contributed by atoms with van der Waals surface area (Å²) in [4.78, 5) is 31.9. The number of aromatic nitrogens is 1. The Morgan fingerprint density at radius 3 is 2.68 bits per heavy atom. The van der Waals surface area contributed by atoms with E-state index in [-0.39, 0.29) is 18.0 Å². The number of rotatable bonds is 11. The molecular formula is C22H29N5O4. The van der Waals surface area contributed by atoms with Gasteiger partial charge in [-0.15, -0.1) is 0 Å². The van der Waals surface area contributed by atoms with Crippen molar-refractivity contribution in [2.75, 3.05) is 51.3 Å². The molecule has 1 aliphatic rings. The average molecular weight is 428 g/mol. The molecule has 1 aliphatic heterocycles. The van der Waals surface area contributed by atoms with Gasteiger partial charge in [0.15, 0.2) is 0 Å². The Labute approximate surface area is 182 Å². The van der Waals surface area contributed by atoms with Gasteiger partial charge in [0.2, 0.25) is 5.91 Å². The van der Waals surface area contributed by atoms with Crippen LogP contribution in [0.2, 0.25) is 0 Å². The fourth-order valence-electron chi connectivity index (χ4n) is 3.56. The van der Waals surface area contributed by atoms with Crippen LogP contribution in [-0.2, 0) is 16.1 Å². The number of pyridine rings is 1. The summed E-state index contributed by atoms with van der Waals surface area (Å²) in [6.07, 6.45) is 4.59. The highest BCUT2D eigenvalue weighted by Gasteiger charge is 2.17. The van der Waals surface area contributed by atoms with E-state index in [1.807, 2.05) is 17.0 Å². The van der Waals surface area contributed by atoms with Crippen molar-refractivity contribution < 1.29 is 14.5 Å². The lowest BCUT2D eigenvalue weighted by atomic mass is 10.2. The fraction of sp³-hybridized carbons (Fsp3) is 0.455. The van der Waals surface area contributed by atoms with Gasteiger partial charge < -0.3 is 15.0 Å². The van der Waals surface area contributed by atoms with Crippen LogP contribution in [0.25, 0.3) is 0 Å². The van der Waals surface area contributed by atoms with Crippen molar-refractivity contribution in [2.45, 2.75) is 19.4 Å². The van der Waals surface area contributed by atoms with Gasteiger partial charge in [-0.2, -0.15) is 0 Å². The number of ether oxygens (including phenoxy) is 1. The van der Waals surface area contributed by atoms with Gasteiger partial charge in [-0.1, -0.05) is 12.1 Å². The van der Waals surface area contributed by atoms with Crippen LogP contribution in [0.3, 0.4) is 0 Å². The molecule has 3 rings (SSSR count). The molecule has 2 aromatic rings. The summed E-state index contributed by atoms with van der Waals surface area (Å²) < 4.78 is 5.39. The van der Waals surface area contributed by atoms with Gasteiger partial charge in [0, 0.05) is 64.1 Å². The molecule has 1 aromatic carbocycles. The molecule has 31 heavy (non-hydrogen) atoms. The maximum atomic E-state index is 12.9. The maximum Gasteiger partial charge on any atom is 0.292 e. The second-order valence-corrected chi connectivity index (χ2v) is 7.43. The van der Waals surface area contributed by atoms with Crippen LogP contribution in [0.4, 0.5) is 11.4 Å². The first-order valence-electron chi connectivity index (χ1n) is 10.6. The van der Waals surface area contributed by atoms with E-state index in [2.05, 4.69) is 15.2 Å². The van der Waals surface area contributed by atoms with Crippen molar-refractivity contribution in [1.29, 1.82) is 0 Å². The molecule has 0 bridgehead atoms. The molecule has 1 fully saturated rings. The Kier molecular flexibility index (Phi) is 8.74. The van der Waals surface area contributed by atoms with Gasteiger partial charge >= 0.3 is 0 Å². The summed E-state index contributed by atoms with van der Waals surface area (Å²) in [5, 5.41) is 14.2. The number of nitrogens with one attached hydrogen (secondary N) is 1.